The number of nitrogens with two attached hydrogens (primary N) is 1. The third-order valence-corrected chi connectivity index (χ3v) is 5.58. The fourth-order valence-corrected chi connectivity index (χ4v) is 3.99. The van der Waals surface area contributed by atoms with Crippen molar-refractivity contribution in [1.82, 2.24) is 0 Å². The van der Waals surface area contributed by atoms with Crippen LogP contribution in [0.1, 0.15) is 11.5 Å². The normalized spacial score (nSPS) is 15.2. The second-order valence-corrected chi connectivity index (χ2v) is 7.36. The molecule has 188 valence electrons. The highest BCUT2D eigenvalue weighted by atomic mass is 19.1. The highest BCUT2D eigenvalue weighted by molar-refractivity contribution is 6.06. The first-order valence-electron chi connectivity index (χ1n) is 10.4. The number of nitrogens with zero attached hydrogens (tertiary/aromatic N) is 2. The summed E-state index contributed by atoms with van der Waals surface area (Å²) in [7, 11) is 6.50. The van der Waals surface area contributed by atoms with E-state index >= 15 is 0 Å². The van der Waals surface area contributed by atoms with Gasteiger partial charge in [-0.25, -0.2) is 14.0 Å². The summed E-state index contributed by atoms with van der Waals surface area (Å²) in [4.78, 5) is 27.4. The minimum atomic E-state index is -1.18. The van der Waals surface area contributed by atoms with E-state index in [4.69, 9.17) is 29.4 Å². The van der Waals surface area contributed by atoms with E-state index in [1.54, 1.807) is 0 Å². The second kappa shape index (κ2) is 10.7. The molecule has 1 heterocycles. The summed E-state index contributed by atoms with van der Waals surface area (Å²) in [5, 5.41) is 10.2. The van der Waals surface area contributed by atoms with Crippen molar-refractivity contribution in [2.75, 3.05) is 40.4 Å². The van der Waals surface area contributed by atoms with Gasteiger partial charge in [-0.2, -0.15) is 5.26 Å². The molecule has 2 aromatic rings. The zero-order chi connectivity index (χ0) is 26.6. The van der Waals surface area contributed by atoms with Gasteiger partial charge in [0.05, 0.1) is 58.7 Å². The van der Waals surface area contributed by atoms with Gasteiger partial charge in [0.1, 0.15) is 17.3 Å². The van der Waals surface area contributed by atoms with Gasteiger partial charge in [-0.3, -0.25) is 4.90 Å². The maximum absolute atomic E-state index is 13.6. The van der Waals surface area contributed by atoms with Gasteiger partial charge in [0.25, 0.3) is 0 Å². The number of rotatable bonds is 7. The molecule has 3 rings (SSSR count). The standard InChI is InChI=1S/C25H24FN3O7/c1-32-17-10-13(11-18(33-2)22(17)34-3)19-16(12-27)23(28)29(15-8-6-14(26)7-9-15)21(25(31)36-5)20(19)24(30)35-4/h6-11,19H,28H2,1-5H3. The predicted octanol–water partition coefficient (Wildman–Crippen LogP) is 2.75. The molecule has 1 atom stereocenters. The zero-order valence-electron chi connectivity index (χ0n) is 20.2. The van der Waals surface area contributed by atoms with Crippen molar-refractivity contribution in [3.63, 3.8) is 0 Å². The van der Waals surface area contributed by atoms with Crippen molar-refractivity contribution in [2.24, 2.45) is 5.73 Å². The minimum absolute atomic E-state index is 0.0818. The molecule has 36 heavy (non-hydrogen) atoms. The molecule has 2 aromatic carbocycles. The summed E-state index contributed by atoms with van der Waals surface area (Å²) in [6.07, 6.45) is 0. The smallest absolute Gasteiger partial charge is 0.355 e. The number of carbonyl (C=O) groups excluding carboxylic acids is 2. The molecular formula is C25H24FN3O7. The fraction of sp³-hybridized carbons (Fsp3) is 0.240. The van der Waals surface area contributed by atoms with Crippen LogP contribution in [0.25, 0.3) is 0 Å². The Labute approximate surface area is 206 Å². The average Bonchev–Trinajstić information content (AvgIpc) is 2.90. The Morgan fingerprint density at radius 2 is 1.50 bits per heavy atom. The van der Waals surface area contributed by atoms with Gasteiger partial charge in [-0.05, 0) is 42.0 Å². The summed E-state index contributed by atoms with van der Waals surface area (Å²) >= 11 is 0. The summed E-state index contributed by atoms with van der Waals surface area (Å²) in [5.41, 5.74) is 6.35. The Balaban J connectivity index is 2.45. The second-order valence-electron chi connectivity index (χ2n) is 7.36. The van der Waals surface area contributed by atoms with Gasteiger partial charge in [-0.15, -0.1) is 0 Å². The first-order valence-corrected chi connectivity index (χ1v) is 10.4. The lowest BCUT2D eigenvalue weighted by molar-refractivity contribution is -0.139. The van der Waals surface area contributed by atoms with E-state index in [1.807, 2.05) is 6.07 Å². The number of benzene rings is 2. The molecule has 0 radical (unpaired) electrons. The van der Waals surface area contributed by atoms with Crippen molar-refractivity contribution in [3.8, 4) is 23.3 Å². The number of nitriles is 1. The molecule has 0 saturated heterocycles. The maximum Gasteiger partial charge on any atom is 0.355 e. The lowest BCUT2D eigenvalue weighted by Crippen LogP contribution is -2.40. The van der Waals surface area contributed by atoms with Crippen LogP contribution in [0.5, 0.6) is 17.2 Å². The van der Waals surface area contributed by atoms with Gasteiger partial charge in [0.2, 0.25) is 5.75 Å². The van der Waals surface area contributed by atoms with E-state index in [0.717, 1.165) is 31.3 Å². The Morgan fingerprint density at radius 3 is 1.94 bits per heavy atom. The molecule has 1 unspecified atom stereocenters. The fourth-order valence-electron chi connectivity index (χ4n) is 3.99. The van der Waals surface area contributed by atoms with E-state index in [1.165, 1.54) is 45.6 Å². The van der Waals surface area contributed by atoms with Gasteiger partial charge < -0.3 is 29.4 Å². The van der Waals surface area contributed by atoms with Crippen LogP contribution in [0.4, 0.5) is 10.1 Å². The molecule has 0 amide bonds. The highest BCUT2D eigenvalue weighted by Gasteiger charge is 2.43. The van der Waals surface area contributed by atoms with Crippen LogP contribution >= 0.6 is 0 Å². The number of ether oxygens (including phenoxy) is 5. The highest BCUT2D eigenvalue weighted by Crippen LogP contribution is 2.47. The average molecular weight is 497 g/mol. The summed E-state index contributed by atoms with van der Waals surface area (Å²) in [6, 6.07) is 10.1. The van der Waals surface area contributed by atoms with Gasteiger partial charge in [0, 0.05) is 5.69 Å². The molecular weight excluding hydrogens is 473 g/mol. The zero-order valence-corrected chi connectivity index (χ0v) is 20.2. The molecule has 1 aliphatic rings. The molecule has 1 aliphatic heterocycles. The Bertz CT molecular complexity index is 1270. The first-order chi connectivity index (χ1) is 17.3. The van der Waals surface area contributed by atoms with E-state index in [2.05, 4.69) is 0 Å². The van der Waals surface area contributed by atoms with E-state index in [-0.39, 0.29) is 45.6 Å². The molecule has 11 heteroatoms. The molecule has 2 N–H and O–H groups in total. The molecule has 0 bridgehead atoms. The number of carbonyl (C=O) groups is 2. The molecule has 0 aliphatic carbocycles. The third kappa shape index (κ3) is 4.36. The number of hydrogen-bond acceptors (Lipinski definition) is 10. The SMILES string of the molecule is COC(=O)C1=C(C(=O)OC)N(c2ccc(F)cc2)C(N)=C(C#N)C1c1cc(OC)c(OC)c(OC)c1. The van der Waals surface area contributed by atoms with E-state index in [0.29, 0.717) is 5.56 Å². The Hall–Kier alpha value is -4.72. The summed E-state index contributed by atoms with van der Waals surface area (Å²) < 4.78 is 39.8. The van der Waals surface area contributed by atoms with Crippen LogP contribution in [0.3, 0.4) is 0 Å². The summed E-state index contributed by atoms with van der Waals surface area (Å²) in [5.74, 6) is -2.97. The predicted molar refractivity (Wildman–Crippen MR) is 126 cm³/mol. The molecule has 0 saturated carbocycles. The van der Waals surface area contributed by atoms with Crippen molar-refractivity contribution >= 4 is 17.6 Å². The molecule has 0 fully saturated rings. The number of anilines is 1. The first kappa shape index (κ1) is 25.9. The van der Waals surface area contributed by atoms with Crippen LogP contribution < -0.4 is 24.8 Å². The largest absolute Gasteiger partial charge is 0.493 e. The van der Waals surface area contributed by atoms with Crippen LogP contribution in [0.15, 0.2) is 59.1 Å². The van der Waals surface area contributed by atoms with Crippen LogP contribution in [0.2, 0.25) is 0 Å². The van der Waals surface area contributed by atoms with Crippen LogP contribution in [0, 0.1) is 17.1 Å². The van der Waals surface area contributed by atoms with Crippen molar-refractivity contribution in [3.05, 3.63) is 70.4 Å². The minimum Gasteiger partial charge on any atom is -0.493 e. The van der Waals surface area contributed by atoms with E-state index < -0.39 is 23.7 Å². The summed E-state index contributed by atoms with van der Waals surface area (Å²) in [6.45, 7) is 0. The Morgan fingerprint density at radius 1 is 0.944 bits per heavy atom. The lowest BCUT2D eigenvalue weighted by atomic mass is 9.80. The lowest BCUT2D eigenvalue weighted by Gasteiger charge is -2.36. The number of esters is 2. The van der Waals surface area contributed by atoms with Crippen LogP contribution in [-0.4, -0.2) is 47.5 Å². The molecule has 10 nitrogen and oxygen atoms in total. The van der Waals surface area contributed by atoms with Gasteiger partial charge in [-0.1, -0.05) is 0 Å². The van der Waals surface area contributed by atoms with Crippen molar-refractivity contribution in [2.45, 2.75) is 5.92 Å². The van der Waals surface area contributed by atoms with Crippen LogP contribution in [-0.2, 0) is 19.1 Å². The van der Waals surface area contributed by atoms with Crippen molar-refractivity contribution < 1.29 is 37.7 Å². The third-order valence-electron chi connectivity index (χ3n) is 5.58. The van der Waals surface area contributed by atoms with Gasteiger partial charge >= 0.3 is 11.9 Å². The number of hydrogen-bond donors (Lipinski definition) is 1. The number of halogens is 1. The topological polar surface area (TPSA) is 133 Å². The number of methoxy groups -OCH3 is 5. The van der Waals surface area contributed by atoms with Crippen molar-refractivity contribution in [1.29, 1.82) is 5.26 Å². The Kier molecular flexibility index (Phi) is 7.69. The molecule has 0 spiro atoms. The van der Waals surface area contributed by atoms with E-state index in [9.17, 15) is 19.2 Å². The monoisotopic (exact) mass is 497 g/mol. The number of allylic oxidation sites excluding steroid dienone is 1. The maximum atomic E-state index is 13.6. The molecule has 0 aromatic heterocycles. The quantitative estimate of drug-likeness (QED) is 0.569. The van der Waals surface area contributed by atoms with Gasteiger partial charge in [0.15, 0.2) is 11.5 Å².